The Hall–Kier alpha value is -1.51. The molecule has 0 aromatic heterocycles. The van der Waals surface area contributed by atoms with E-state index >= 15 is 0 Å². The summed E-state index contributed by atoms with van der Waals surface area (Å²) >= 11 is 0. The zero-order valence-corrected chi connectivity index (χ0v) is 12.3. The number of para-hydroxylation sites is 1. The molecule has 0 aliphatic heterocycles. The Morgan fingerprint density at radius 3 is 2.62 bits per heavy atom. The molecule has 7 nitrogen and oxygen atoms in total. The van der Waals surface area contributed by atoms with Gasteiger partial charge in [-0.1, -0.05) is 25.0 Å². The van der Waals surface area contributed by atoms with Crippen molar-refractivity contribution in [3.63, 3.8) is 0 Å². The van der Waals surface area contributed by atoms with Crippen LogP contribution in [0.5, 0.6) is 0 Å². The molecule has 116 valence electrons. The van der Waals surface area contributed by atoms with E-state index in [1.807, 2.05) is 0 Å². The van der Waals surface area contributed by atoms with Crippen LogP contribution in [0.3, 0.4) is 0 Å². The number of nitrogens with one attached hydrogen (secondary N) is 1. The van der Waals surface area contributed by atoms with E-state index in [1.54, 1.807) is 0 Å². The summed E-state index contributed by atoms with van der Waals surface area (Å²) in [5.41, 5.74) is -0.450. The molecule has 1 fully saturated rings. The van der Waals surface area contributed by atoms with E-state index in [4.69, 9.17) is 0 Å². The van der Waals surface area contributed by atoms with Crippen molar-refractivity contribution < 1.29 is 18.4 Å². The third-order valence-corrected chi connectivity index (χ3v) is 5.23. The van der Waals surface area contributed by atoms with E-state index in [2.05, 4.69) is 4.72 Å². The van der Waals surface area contributed by atoms with Crippen molar-refractivity contribution in [3.05, 3.63) is 34.4 Å². The lowest BCUT2D eigenvalue weighted by Crippen LogP contribution is -2.36. The first kappa shape index (κ1) is 15.9. The van der Waals surface area contributed by atoms with Gasteiger partial charge in [-0.05, 0) is 24.8 Å². The standard InChI is InChI=1S/C13H18N2O5S/c16-12-7-3-1-5-10(12)9-14-21(19,20)13-8-4-2-6-11(13)15(17)18/h2,4,6,8,10,12,14,16H,1,3,5,7,9H2. The average Bonchev–Trinajstić information content (AvgIpc) is 2.46. The molecule has 0 amide bonds. The summed E-state index contributed by atoms with van der Waals surface area (Å²) in [6.45, 7) is 0.0928. The van der Waals surface area contributed by atoms with Crippen LogP contribution in [0, 0.1) is 16.0 Å². The highest BCUT2D eigenvalue weighted by molar-refractivity contribution is 7.89. The van der Waals surface area contributed by atoms with E-state index in [0.717, 1.165) is 25.3 Å². The predicted octanol–water partition coefficient (Wildman–Crippen LogP) is 1.42. The Labute approximate surface area is 123 Å². The van der Waals surface area contributed by atoms with Gasteiger partial charge in [0, 0.05) is 12.6 Å². The summed E-state index contributed by atoms with van der Waals surface area (Å²) in [7, 11) is -3.96. The number of sulfonamides is 1. The van der Waals surface area contributed by atoms with Gasteiger partial charge in [0.15, 0.2) is 4.90 Å². The van der Waals surface area contributed by atoms with Crippen LogP contribution in [-0.2, 0) is 10.0 Å². The van der Waals surface area contributed by atoms with Crippen LogP contribution < -0.4 is 4.72 Å². The Balaban J connectivity index is 2.13. The van der Waals surface area contributed by atoms with Gasteiger partial charge in [-0.2, -0.15) is 0 Å². The summed E-state index contributed by atoms with van der Waals surface area (Å²) in [6.07, 6.45) is 2.79. The summed E-state index contributed by atoms with van der Waals surface area (Å²) in [5, 5.41) is 20.7. The van der Waals surface area contributed by atoms with Gasteiger partial charge in [-0.3, -0.25) is 10.1 Å². The fourth-order valence-electron chi connectivity index (χ4n) is 2.56. The van der Waals surface area contributed by atoms with Gasteiger partial charge in [0.05, 0.1) is 11.0 Å². The van der Waals surface area contributed by atoms with E-state index in [-0.39, 0.29) is 17.4 Å². The highest BCUT2D eigenvalue weighted by Crippen LogP contribution is 2.26. The molecule has 1 aliphatic rings. The molecule has 2 atom stereocenters. The molecule has 1 aliphatic carbocycles. The van der Waals surface area contributed by atoms with Crippen molar-refractivity contribution in [1.29, 1.82) is 0 Å². The second kappa shape index (κ2) is 6.50. The highest BCUT2D eigenvalue weighted by Gasteiger charge is 2.28. The van der Waals surface area contributed by atoms with Crippen molar-refractivity contribution in [3.8, 4) is 0 Å². The molecule has 21 heavy (non-hydrogen) atoms. The van der Waals surface area contributed by atoms with Gasteiger partial charge in [0.1, 0.15) is 0 Å². The Bertz CT molecular complexity index is 617. The van der Waals surface area contributed by atoms with Crippen LogP contribution in [0.1, 0.15) is 25.7 Å². The minimum Gasteiger partial charge on any atom is -0.393 e. The maximum atomic E-state index is 12.2. The number of nitro groups is 1. The molecule has 0 radical (unpaired) electrons. The summed E-state index contributed by atoms with van der Waals surface area (Å²) in [6, 6.07) is 5.22. The molecular formula is C13H18N2O5S. The van der Waals surface area contributed by atoms with Gasteiger partial charge in [0.25, 0.3) is 5.69 Å². The Morgan fingerprint density at radius 1 is 1.29 bits per heavy atom. The number of nitrogens with zero attached hydrogens (tertiary/aromatic N) is 1. The molecular weight excluding hydrogens is 296 g/mol. The quantitative estimate of drug-likeness (QED) is 0.631. The van der Waals surface area contributed by atoms with Gasteiger partial charge < -0.3 is 5.11 Å². The van der Waals surface area contributed by atoms with Crippen molar-refractivity contribution in [1.82, 2.24) is 4.72 Å². The second-order valence-electron chi connectivity index (χ2n) is 5.19. The van der Waals surface area contributed by atoms with Gasteiger partial charge >= 0.3 is 0 Å². The molecule has 2 rings (SSSR count). The van der Waals surface area contributed by atoms with Gasteiger partial charge in [-0.25, -0.2) is 13.1 Å². The molecule has 0 spiro atoms. The molecule has 1 aromatic carbocycles. The monoisotopic (exact) mass is 314 g/mol. The molecule has 1 saturated carbocycles. The van der Waals surface area contributed by atoms with Crippen LogP contribution in [-0.4, -0.2) is 31.1 Å². The number of rotatable bonds is 5. The number of aliphatic hydroxyl groups is 1. The SMILES string of the molecule is O=[N+]([O-])c1ccccc1S(=O)(=O)NCC1CCCCC1O. The topological polar surface area (TPSA) is 110 Å². The number of nitro benzene ring substituents is 1. The fraction of sp³-hybridized carbons (Fsp3) is 0.538. The predicted molar refractivity (Wildman–Crippen MR) is 76.2 cm³/mol. The first-order chi connectivity index (χ1) is 9.92. The van der Waals surface area contributed by atoms with Crippen LogP contribution in [0.2, 0.25) is 0 Å². The van der Waals surface area contributed by atoms with Crippen LogP contribution in [0.15, 0.2) is 29.2 Å². The van der Waals surface area contributed by atoms with Crippen molar-refractivity contribution in [2.75, 3.05) is 6.54 Å². The Morgan fingerprint density at radius 2 is 1.95 bits per heavy atom. The zero-order chi connectivity index (χ0) is 15.5. The lowest BCUT2D eigenvalue weighted by Gasteiger charge is -2.27. The van der Waals surface area contributed by atoms with Crippen LogP contribution in [0.4, 0.5) is 5.69 Å². The molecule has 0 heterocycles. The number of hydrogen-bond acceptors (Lipinski definition) is 5. The minimum atomic E-state index is -3.96. The van der Waals surface area contributed by atoms with E-state index in [0.29, 0.717) is 6.42 Å². The highest BCUT2D eigenvalue weighted by atomic mass is 32.2. The van der Waals surface area contributed by atoms with E-state index < -0.39 is 26.7 Å². The Kier molecular flexibility index (Phi) is 4.92. The number of hydrogen-bond donors (Lipinski definition) is 2. The molecule has 2 unspecified atom stereocenters. The smallest absolute Gasteiger partial charge is 0.289 e. The average molecular weight is 314 g/mol. The maximum absolute atomic E-state index is 12.2. The first-order valence-electron chi connectivity index (χ1n) is 6.83. The number of benzene rings is 1. The largest absolute Gasteiger partial charge is 0.393 e. The molecule has 8 heteroatoms. The lowest BCUT2D eigenvalue weighted by atomic mass is 9.87. The fourth-order valence-corrected chi connectivity index (χ4v) is 3.82. The van der Waals surface area contributed by atoms with Gasteiger partial charge in [0.2, 0.25) is 10.0 Å². The molecule has 0 saturated heterocycles. The lowest BCUT2D eigenvalue weighted by molar-refractivity contribution is -0.387. The van der Waals surface area contributed by atoms with Crippen molar-refractivity contribution in [2.24, 2.45) is 5.92 Å². The second-order valence-corrected chi connectivity index (χ2v) is 6.92. The van der Waals surface area contributed by atoms with Gasteiger partial charge in [-0.15, -0.1) is 0 Å². The first-order valence-corrected chi connectivity index (χ1v) is 8.31. The third kappa shape index (κ3) is 3.78. The molecule has 0 bridgehead atoms. The van der Waals surface area contributed by atoms with Crippen molar-refractivity contribution in [2.45, 2.75) is 36.7 Å². The van der Waals surface area contributed by atoms with Crippen molar-refractivity contribution >= 4 is 15.7 Å². The summed E-state index contributed by atoms with van der Waals surface area (Å²) in [5.74, 6) is -0.142. The van der Waals surface area contributed by atoms with E-state index in [9.17, 15) is 23.6 Å². The van der Waals surface area contributed by atoms with Crippen LogP contribution in [0.25, 0.3) is 0 Å². The van der Waals surface area contributed by atoms with E-state index in [1.165, 1.54) is 18.2 Å². The maximum Gasteiger partial charge on any atom is 0.289 e. The summed E-state index contributed by atoms with van der Waals surface area (Å²) in [4.78, 5) is 9.83. The number of aliphatic hydroxyl groups excluding tert-OH is 1. The molecule has 1 aromatic rings. The summed E-state index contributed by atoms with van der Waals surface area (Å²) < 4.78 is 26.8. The molecule has 2 N–H and O–H groups in total. The normalized spacial score (nSPS) is 22.9. The minimum absolute atomic E-state index is 0.0928. The van der Waals surface area contributed by atoms with Crippen LogP contribution >= 0.6 is 0 Å². The zero-order valence-electron chi connectivity index (χ0n) is 11.4. The third-order valence-electron chi connectivity index (χ3n) is 3.76.